The summed E-state index contributed by atoms with van der Waals surface area (Å²) in [7, 11) is 0. The number of halogens is 2. The van der Waals surface area contributed by atoms with Crippen molar-refractivity contribution >= 4 is 35.7 Å². The van der Waals surface area contributed by atoms with Crippen LogP contribution < -0.4 is 10.2 Å². The van der Waals surface area contributed by atoms with E-state index in [2.05, 4.69) is 16.3 Å². The maximum Gasteiger partial charge on any atom is 0.339 e. The van der Waals surface area contributed by atoms with Crippen molar-refractivity contribution in [3.63, 3.8) is 0 Å². The first kappa shape index (κ1) is 18.1. The highest BCUT2D eigenvalue weighted by atomic mass is 35.5. The first-order chi connectivity index (χ1) is 11.7. The van der Waals surface area contributed by atoms with E-state index >= 15 is 0 Å². The fourth-order valence-corrected chi connectivity index (χ4v) is 3.61. The van der Waals surface area contributed by atoms with Crippen molar-refractivity contribution in [3.05, 3.63) is 64.2 Å². The Balaban J connectivity index is 0.00000182. The maximum atomic E-state index is 12.3. The van der Waals surface area contributed by atoms with Crippen molar-refractivity contribution in [1.82, 2.24) is 5.32 Å². The second-order valence-corrected chi connectivity index (χ2v) is 6.61. The normalized spacial score (nSPS) is 19.2. The van der Waals surface area contributed by atoms with Gasteiger partial charge < -0.3 is 15.0 Å². The van der Waals surface area contributed by atoms with Gasteiger partial charge in [-0.1, -0.05) is 35.9 Å². The zero-order chi connectivity index (χ0) is 16.5. The van der Waals surface area contributed by atoms with E-state index < -0.39 is 0 Å². The van der Waals surface area contributed by atoms with Gasteiger partial charge in [-0.15, -0.1) is 12.4 Å². The minimum Gasteiger partial charge on any atom is -0.454 e. The molecule has 0 bridgehead atoms. The highest BCUT2D eigenvalue weighted by Gasteiger charge is 2.32. The van der Waals surface area contributed by atoms with Gasteiger partial charge in [0.15, 0.2) is 0 Å². The molecule has 1 fully saturated rings. The fraction of sp³-hybridized carbons (Fsp3) is 0.316. The number of esters is 1. The predicted octanol–water partition coefficient (Wildman–Crippen LogP) is 3.63. The van der Waals surface area contributed by atoms with Crippen molar-refractivity contribution < 1.29 is 9.53 Å². The quantitative estimate of drug-likeness (QED) is 0.828. The third-order valence-electron chi connectivity index (χ3n) is 4.70. The lowest BCUT2D eigenvalue weighted by atomic mass is 9.98. The number of rotatable bonds is 3. The third-order valence-corrected chi connectivity index (χ3v) is 5.07. The number of carbonyl (C=O) groups excluding carboxylic acids is 1. The topological polar surface area (TPSA) is 41.6 Å². The standard InChI is InChI=1S/C19H19ClN2O2.ClH/c20-17-4-2-1-3-13(17)11-18-15-6-5-14(12-16(15)19(23)24-18)22-9-7-21-8-10-22;/h1-6,12,18,21H,7-11H2;1H. The van der Waals surface area contributed by atoms with Gasteiger partial charge in [0.25, 0.3) is 0 Å². The molecule has 1 unspecified atom stereocenters. The highest BCUT2D eigenvalue weighted by molar-refractivity contribution is 6.31. The van der Waals surface area contributed by atoms with Crippen LogP contribution in [-0.2, 0) is 11.2 Å². The molecule has 0 radical (unpaired) electrons. The van der Waals surface area contributed by atoms with Gasteiger partial charge in [0.1, 0.15) is 6.10 Å². The maximum absolute atomic E-state index is 12.3. The summed E-state index contributed by atoms with van der Waals surface area (Å²) in [5, 5.41) is 4.05. The van der Waals surface area contributed by atoms with Crippen LogP contribution in [0.25, 0.3) is 0 Å². The molecule has 2 aromatic carbocycles. The molecule has 4 nitrogen and oxygen atoms in total. The van der Waals surface area contributed by atoms with Crippen molar-refractivity contribution in [2.24, 2.45) is 0 Å². The second-order valence-electron chi connectivity index (χ2n) is 6.20. The Labute approximate surface area is 158 Å². The van der Waals surface area contributed by atoms with Crippen LogP contribution in [0.15, 0.2) is 42.5 Å². The smallest absolute Gasteiger partial charge is 0.339 e. The van der Waals surface area contributed by atoms with Gasteiger partial charge in [0.05, 0.1) is 5.56 Å². The molecule has 6 heteroatoms. The summed E-state index contributed by atoms with van der Waals surface area (Å²) in [5.41, 5.74) is 3.73. The van der Waals surface area contributed by atoms with Crippen LogP contribution in [0, 0.1) is 0 Å². The van der Waals surface area contributed by atoms with Crippen LogP contribution in [0.4, 0.5) is 5.69 Å². The Morgan fingerprint density at radius 1 is 1.16 bits per heavy atom. The lowest BCUT2D eigenvalue weighted by molar-refractivity contribution is 0.0387. The number of anilines is 1. The molecule has 4 rings (SSSR count). The van der Waals surface area contributed by atoms with Crippen LogP contribution in [-0.4, -0.2) is 32.1 Å². The molecule has 132 valence electrons. The number of piperazine rings is 1. The Hall–Kier alpha value is -1.75. The lowest BCUT2D eigenvalue weighted by Gasteiger charge is -2.29. The van der Waals surface area contributed by atoms with Gasteiger partial charge >= 0.3 is 5.97 Å². The summed E-state index contributed by atoms with van der Waals surface area (Å²) in [6.07, 6.45) is 0.343. The van der Waals surface area contributed by atoms with Crippen LogP contribution in [0.3, 0.4) is 0 Å². The van der Waals surface area contributed by atoms with Gasteiger partial charge in [-0.05, 0) is 23.8 Å². The number of benzene rings is 2. The zero-order valence-electron chi connectivity index (χ0n) is 13.7. The van der Waals surface area contributed by atoms with Gasteiger partial charge in [0, 0.05) is 48.9 Å². The molecule has 1 atom stereocenters. The molecule has 25 heavy (non-hydrogen) atoms. The van der Waals surface area contributed by atoms with Crippen LogP contribution in [0.2, 0.25) is 5.02 Å². The summed E-state index contributed by atoms with van der Waals surface area (Å²) in [4.78, 5) is 14.6. The van der Waals surface area contributed by atoms with Gasteiger partial charge in [0.2, 0.25) is 0 Å². The van der Waals surface area contributed by atoms with Crippen LogP contribution in [0.5, 0.6) is 0 Å². The number of carbonyl (C=O) groups is 1. The van der Waals surface area contributed by atoms with Crippen LogP contribution >= 0.6 is 24.0 Å². The van der Waals surface area contributed by atoms with E-state index in [4.69, 9.17) is 16.3 Å². The molecule has 0 aliphatic carbocycles. The number of nitrogens with zero attached hydrogens (tertiary/aromatic N) is 1. The van der Waals surface area contributed by atoms with Gasteiger partial charge in [-0.25, -0.2) is 4.79 Å². The van der Waals surface area contributed by atoms with Crippen molar-refractivity contribution in [3.8, 4) is 0 Å². The van der Waals surface area contributed by atoms with Crippen LogP contribution in [0.1, 0.15) is 27.6 Å². The average Bonchev–Trinajstić information content (AvgIpc) is 2.93. The first-order valence-corrected chi connectivity index (χ1v) is 8.64. The average molecular weight is 379 g/mol. The monoisotopic (exact) mass is 378 g/mol. The molecular formula is C19H20Cl2N2O2. The molecule has 2 aliphatic heterocycles. The Morgan fingerprint density at radius 2 is 1.92 bits per heavy atom. The number of fused-ring (bicyclic) bond motifs is 1. The Bertz CT molecular complexity index is 776. The van der Waals surface area contributed by atoms with E-state index in [-0.39, 0.29) is 24.5 Å². The molecule has 2 heterocycles. The third kappa shape index (κ3) is 3.61. The van der Waals surface area contributed by atoms with Gasteiger partial charge in [-0.2, -0.15) is 0 Å². The molecule has 2 aromatic rings. The molecule has 0 saturated carbocycles. The summed E-state index contributed by atoms with van der Waals surface area (Å²) >= 11 is 6.24. The SMILES string of the molecule is Cl.O=C1OC(Cc2ccccc2Cl)c2ccc(N3CCNCC3)cc21. The molecule has 0 amide bonds. The van der Waals surface area contributed by atoms with E-state index in [0.29, 0.717) is 17.0 Å². The van der Waals surface area contributed by atoms with E-state index in [1.807, 2.05) is 36.4 Å². The summed E-state index contributed by atoms with van der Waals surface area (Å²) in [6, 6.07) is 13.8. The minimum atomic E-state index is -0.260. The number of ether oxygens (including phenoxy) is 1. The number of cyclic esters (lactones) is 1. The van der Waals surface area contributed by atoms with Crippen molar-refractivity contribution in [1.29, 1.82) is 0 Å². The van der Waals surface area contributed by atoms with E-state index in [9.17, 15) is 4.79 Å². The molecule has 1 saturated heterocycles. The second kappa shape index (κ2) is 7.65. The molecule has 2 aliphatic rings. The zero-order valence-corrected chi connectivity index (χ0v) is 15.3. The number of hydrogen-bond donors (Lipinski definition) is 1. The molecular weight excluding hydrogens is 359 g/mol. The fourth-order valence-electron chi connectivity index (χ4n) is 3.39. The highest BCUT2D eigenvalue weighted by Crippen LogP contribution is 2.36. The largest absolute Gasteiger partial charge is 0.454 e. The predicted molar refractivity (Wildman–Crippen MR) is 102 cm³/mol. The van der Waals surface area contributed by atoms with E-state index in [1.165, 1.54) is 0 Å². The summed E-state index contributed by atoms with van der Waals surface area (Å²) in [5.74, 6) is -0.237. The number of hydrogen-bond acceptors (Lipinski definition) is 4. The minimum absolute atomic E-state index is 0. The molecule has 0 spiro atoms. The van der Waals surface area contributed by atoms with Crippen molar-refractivity contribution in [2.75, 3.05) is 31.1 Å². The molecule has 1 N–H and O–H groups in total. The number of nitrogens with one attached hydrogen (secondary N) is 1. The van der Waals surface area contributed by atoms with Crippen molar-refractivity contribution in [2.45, 2.75) is 12.5 Å². The summed E-state index contributed by atoms with van der Waals surface area (Å²) in [6.45, 7) is 3.85. The summed E-state index contributed by atoms with van der Waals surface area (Å²) < 4.78 is 5.60. The van der Waals surface area contributed by atoms with Gasteiger partial charge in [-0.3, -0.25) is 0 Å². The Kier molecular flexibility index (Phi) is 5.52. The Morgan fingerprint density at radius 3 is 2.68 bits per heavy atom. The van der Waals surface area contributed by atoms with E-state index in [0.717, 1.165) is 43.0 Å². The molecule has 0 aromatic heterocycles. The lowest BCUT2D eigenvalue weighted by Crippen LogP contribution is -2.43. The first-order valence-electron chi connectivity index (χ1n) is 8.26. The van der Waals surface area contributed by atoms with E-state index in [1.54, 1.807) is 0 Å².